The largest absolute Gasteiger partial charge is 0.480 e. The highest BCUT2D eigenvalue weighted by molar-refractivity contribution is 5.77. The maximum absolute atomic E-state index is 11.3. The van der Waals surface area contributed by atoms with Gasteiger partial charge in [-0.2, -0.15) is 0 Å². The number of Topliss-reactive ketones (excluding diaryl/α,β-unsaturated/α-hetero) is 1. The lowest BCUT2D eigenvalue weighted by molar-refractivity contribution is -0.227. The first-order valence-electron chi connectivity index (χ1n) is 6.33. The molecule has 0 amide bonds. The van der Waals surface area contributed by atoms with Gasteiger partial charge in [0, 0.05) is 0 Å². The normalized spacial score (nSPS) is 18.2. The highest BCUT2D eigenvalue weighted by Crippen LogP contribution is 2.13. The number of nitrogens with zero attached hydrogens (tertiary/aromatic N) is 4. The summed E-state index contributed by atoms with van der Waals surface area (Å²) in [5.74, 6) is -3.71. The van der Waals surface area contributed by atoms with Crippen molar-refractivity contribution in [1.82, 2.24) is 20.0 Å². The van der Waals surface area contributed by atoms with Gasteiger partial charge in [-0.1, -0.05) is 0 Å². The van der Waals surface area contributed by atoms with E-state index in [-0.39, 0.29) is 25.7 Å². The molecule has 3 N–H and O–H groups in total. The van der Waals surface area contributed by atoms with Gasteiger partial charge in [0.1, 0.15) is 25.4 Å². The molecule has 1 rings (SSSR count). The van der Waals surface area contributed by atoms with Crippen LogP contribution in [0.4, 0.5) is 0 Å². The van der Waals surface area contributed by atoms with E-state index in [0.717, 1.165) is 0 Å². The summed E-state index contributed by atoms with van der Waals surface area (Å²) >= 11 is 0. The number of carboxylic acid groups (broad SMARTS) is 3. The van der Waals surface area contributed by atoms with Gasteiger partial charge in [0.2, 0.25) is 0 Å². The molecule has 1 aliphatic rings. The van der Waals surface area contributed by atoms with Crippen molar-refractivity contribution in [2.75, 3.05) is 39.5 Å². The fourth-order valence-corrected chi connectivity index (χ4v) is 2.06. The van der Waals surface area contributed by atoms with Gasteiger partial charge >= 0.3 is 17.9 Å². The summed E-state index contributed by atoms with van der Waals surface area (Å²) in [6.07, 6.45) is 0. The van der Waals surface area contributed by atoms with Gasteiger partial charge in [0.05, 0.1) is 19.9 Å². The van der Waals surface area contributed by atoms with Crippen LogP contribution < -0.4 is 0 Å². The second-order valence-corrected chi connectivity index (χ2v) is 4.82. The molecule has 11 nitrogen and oxygen atoms in total. The zero-order valence-corrected chi connectivity index (χ0v) is 12.0. The fourth-order valence-electron chi connectivity index (χ4n) is 2.06. The summed E-state index contributed by atoms with van der Waals surface area (Å²) in [6, 6.07) is 0. The molecule has 124 valence electrons. The Bertz CT molecular complexity index is 387. The van der Waals surface area contributed by atoms with Crippen molar-refractivity contribution in [2.24, 2.45) is 0 Å². The highest BCUT2D eigenvalue weighted by Gasteiger charge is 2.34. The molecule has 1 aliphatic heterocycles. The molecule has 1 heterocycles. The van der Waals surface area contributed by atoms with Gasteiger partial charge in [0.15, 0.2) is 0 Å². The van der Waals surface area contributed by atoms with Crippen LogP contribution in [0.3, 0.4) is 0 Å². The Labute approximate surface area is 125 Å². The van der Waals surface area contributed by atoms with Gasteiger partial charge in [-0.25, -0.2) is 20.0 Å². The molecule has 22 heavy (non-hydrogen) atoms. The van der Waals surface area contributed by atoms with E-state index < -0.39 is 37.5 Å². The number of hydrogen-bond donors (Lipinski definition) is 3. The number of carbonyl (C=O) groups excluding carboxylic acids is 1. The lowest BCUT2D eigenvalue weighted by Gasteiger charge is -2.47. The molecule has 0 unspecified atom stereocenters. The van der Waals surface area contributed by atoms with Crippen molar-refractivity contribution in [3.63, 3.8) is 0 Å². The Morgan fingerprint density at radius 3 is 1.18 bits per heavy atom. The average molecular weight is 318 g/mol. The number of carbonyl (C=O) groups is 4. The molecular formula is C11H18N4O7. The quantitative estimate of drug-likeness (QED) is 0.448. The van der Waals surface area contributed by atoms with Gasteiger partial charge in [0.25, 0.3) is 0 Å². The summed E-state index contributed by atoms with van der Waals surface area (Å²) in [7, 11) is 0. The van der Waals surface area contributed by atoms with Crippen molar-refractivity contribution >= 4 is 23.7 Å². The van der Waals surface area contributed by atoms with Crippen molar-refractivity contribution in [3.05, 3.63) is 0 Å². The summed E-state index contributed by atoms with van der Waals surface area (Å²) < 4.78 is 0. The molecule has 0 aromatic carbocycles. The van der Waals surface area contributed by atoms with Crippen LogP contribution in [0.15, 0.2) is 0 Å². The van der Waals surface area contributed by atoms with E-state index in [1.807, 2.05) is 0 Å². The molecule has 0 atom stereocenters. The molecule has 11 heteroatoms. The minimum absolute atomic E-state index is 0.0908. The molecule has 1 saturated heterocycles. The molecule has 0 aromatic rings. The number of hydrazine groups is 2. The van der Waals surface area contributed by atoms with Crippen molar-refractivity contribution < 1.29 is 34.5 Å². The predicted octanol–water partition coefficient (Wildman–Crippen LogP) is -2.20. The van der Waals surface area contributed by atoms with E-state index in [9.17, 15) is 19.2 Å². The van der Waals surface area contributed by atoms with Crippen LogP contribution in [0, 0.1) is 0 Å². The van der Waals surface area contributed by atoms with Crippen LogP contribution in [0.25, 0.3) is 0 Å². The summed E-state index contributed by atoms with van der Waals surface area (Å²) in [5.41, 5.74) is 0. The Hall–Kier alpha value is -2.08. The number of ketones is 1. The standard InChI is InChI=1S/C11H18N4O7/c1-8(16)2-12-6-14(4-10(19)20)15(5-11(21)22)7-13(12)3-9(17)18/h2-7H2,1H3,(H,17,18)(H,19,20)(H,21,22). The van der Waals surface area contributed by atoms with Crippen LogP contribution in [0.5, 0.6) is 0 Å². The minimum Gasteiger partial charge on any atom is -0.480 e. The third kappa shape index (κ3) is 5.73. The number of rotatable bonds is 8. The van der Waals surface area contributed by atoms with Crippen LogP contribution in [-0.2, 0) is 19.2 Å². The molecule has 0 bridgehead atoms. The van der Waals surface area contributed by atoms with Crippen LogP contribution in [0.1, 0.15) is 6.92 Å². The lowest BCUT2D eigenvalue weighted by atomic mass is 10.4. The van der Waals surface area contributed by atoms with Crippen molar-refractivity contribution in [2.45, 2.75) is 6.92 Å². The number of aliphatic carboxylic acids is 3. The predicted molar refractivity (Wildman–Crippen MR) is 70.1 cm³/mol. The maximum Gasteiger partial charge on any atom is 0.319 e. The average Bonchev–Trinajstić information content (AvgIpc) is 2.31. The zero-order valence-electron chi connectivity index (χ0n) is 12.0. The first kappa shape index (κ1) is 18.0. The smallest absolute Gasteiger partial charge is 0.319 e. The van der Waals surface area contributed by atoms with Crippen LogP contribution in [-0.4, -0.2) is 98.6 Å². The van der Waals surface area contributed by atoms with E-state index in [1.54, 1.807) is 0 Å². The topological polar surface area (TPSA) is 142 Å². The Morgan fingerprint density at radius 2 is 0.955 bits per heavy atom. The van der Waals surface area contributed by atoms with Crippen LogP contribution >= 0.6 is 0 Å². The first-order chi connectivity index (χ1) is 10.2. The lowest BCUT2D eigenvalue weighted by Crippen LogP contribution is -2.66. The summed E-state index contributed by atoms with van der Waals surface area (Å²) in [4.78, 5) is 43.9. The van der Waals surface area contributed by atoms with Crippen LogP contribution in [0.2, 0.25) is 0 Å². The van der Waals surface area contributed by atoms with Gasteiger partial charge in [-0.3, -0.25) is 19.2 Å². The maximum atomic E-state index is 11.3. The van der Waals surface area contributed by atoms with Crippen molar-refractivity contribution in [3.8, 4) is 0 Å². The van der Waals surface area contributed by atoms with E-state index in [1.165, 1.54) is 27.0 Å². The highest BCUT2D eigenvalue weighted by atomic mass is 16.4. The summed E-state index contributed by atoms with van der Waals surface area (Å²) in [6.45, 7) is -0.357. The van der Waals surface area contributed by atoms with Gasteiger partial charge in [-0.15, -0.1) is 0 Å². The van der Waals surface area contributed by atoms with Crippen molar-refractivity contribution in [1.29, 1.82) is 0 Å². The van der Waals surface area contributed by atoms with E-state index in [2.05, 4.69) is 0 Å². The number of carboxylic acids is 3. The Balaban J connectivity index is 2.92. The third-order valence-corrected chi connectivity index (χ3v) is 2.81. The molecule has 0 aliphatic carbocycles. The third-order valence-electron chi connectivity index (χ3n) is 2.81. The van der Waals surface area contributed by atoms with Gasteiger partial charge < -0.3 is 15.3 Å². The zero-order chi connectivity index (χ0) is 16.9. The Morgan fingerprint density at radius 1 is 0.682 bits per heavy atom. The molecule has 0 saturated carbocycles. The first-order valence-corrected chi connectivity index (χ1v) is 6.33. The fraction of sp³-hybridized carbons (Fsp3) is 0.636. The summed E-state index contributed by atoms with van der Waals surface area (Å²) in [5, 5.41) is 31.8. The minimum atomic E-state index is -1.18. The van der Waals surface area contributed by atoms with E-state index in [4.69, 9.17) is 15.3 Å². The van der Waals surface area contributed by atoms with E-state index in [0.29, 0.717) is 0 Å². The molecule has 1 fully saturated rings. The Kier molecular flexibility index (Phi) is 6.37. The molecular weight excluding hydrogens is 300 g/mol. The van der Waals surface area contributed by atoms with E-state index >= 15 is 0 Å². The molecule has 0 spiro atoms. The molecule has 0 aromatic heterocycles. The number of hydrogen-bond acceptors (Lipinski definition) is 8. The van der Waals surface area contributed by atoms with Gasteiger partial charge in [-0.05, 0) is 6.92 Å². The second kappa shape index (κ2) is 7.79. The monoisotopic (exact) mass is 318 g/mol. The second-order valence-electron chi connectivity index (χ2n) is 4.82. The SMILES string of the molecule is CC(=O)CN1CN(CC(=O)O)N(CC(=O)O)CN1CC(=O)O. The molecule has 0 radical (unpaired) electrons.